The fourth-order valence-electron chi connectivity index (χ4n) is 2.43. The van der Waals surface area contributed by atoms with Crippen LogP contribution in [-0.4, -0.2) is 36.7 Å². The minimum atomic E-state index is 0.581. The lowest BCUT2D eigenvalue weighted by Gasteiger charge is -2.28. The molecule has 1 rings (SSSR count). The summed E-state index contributed by atoms with van der Waals surface area (Å²) in [6.07, 6.45) is 3.63. The second-order valence-corrected chi connectivity index (χ2v) is 5.77. The average molecular weight is 239 g/mol. The zero-order valence-electron chi connectivity index (χ0n) is 12.0. The van der Waals surface area contributed by atoms with Crippen molar-refractivity contribution >= 4 is 0 Å². The van der Waals surface area contributed by atoms with Gasteiger partial charge in [-0.15, -0.1) is 0 Å². The van der Waals surface area contributed by atoms with Gasteiger partial charge < -0.3 is 4.74 Å². The molecule has 2 nitrogen and oxygen atoms in total. The third-order valence-electron chi connectivity index (χ3n) is 3.78. The molecule has 1 fully saturated rings. The van der Waals surface area contributed by atoms with Crippen molar-refractivity contribution in [1.82, 2.24) is 4.90 Å². The Kier molecular flexibility index (Phi) is 6.21. The fourth-order valence-corrected chi connectivity index (χ4v) is 2.43. The molecule has 0 aromatic rings. The molecule has 0 radical (unpaired) electrons. The lowest BCUT2D eigenvalue weighted by molar-refractivity contribution is 0.0667. The largest absolute Gasteiger partial charge is 0.379 e. The molecule has 0 saturated carbocycles. The lowest BCUT2D eigenvalue weighted by atomic mass is 10.0. The quantitative estimate of drug-likeness (QED) is 0.498. The van der Waals surface area contributed by atoms with E-state index in [4.69, 9.17) is 4.74 Å². The molecule has 1 aliphatic heterocycles. The maximum absolute atomic E-state index is 5.82. The van der Waals surface area contributed by atoms with Crippen LogP contribution < -0.4 is 0 Å². The van der Waals surface area contributed by atoms with Crippen molar-refractivity contribution in [2.45, 2.75) is 59.0 Å². The molecule has 0 bridgehead atoms. The first kappa shape index (κ1) is 14.7. The van der Waals surface area contributed by atoms with Crippen molar-refractivity contribution in [1.29, 1.82) is 0 Å². The Morgan fingerprint density at radius 3 is 2.65 bits per heavy atom. The van der Waals surface area contributed by atoms with Gasteiger partial charge in [0.25, 0.3) is 0 Å². The van der Waals surface area contributed by atoms with Crippen molar-refractivity contribution in [2.24, 2.45) is 5.92 Å². The Bertz CT molecular complexity index is 235. The van der Waals surface area contributed by atoms with Crippen molar-refractivity contribution in [3.8, 4) is 0 Å². The van der Waals surface area contributed by atoms with Crippen LogP contribution in [0.25, 0.3) is 0 Å². The van der Waals surface area contributed by atoms with Crippen LogP contribution in [0.1, 0.15) is 47.0 Å². The average Bonchev–Trinajstić information content (AvgIpc) is 2.72. The van der Waals surface area contributed by atoms with E-state index in [-0.39, 0.29) is 0 Å². The van der Waals surface area contributed by atoms with E-state index in [1.54, 1.807) is 0 Å². The zero-order chi connectivity index (χ0) is 12.8. The number of rotatable bonds is 7. The number of hydrogen-bond donors (Lipinski definition) is 0. The molecule has 1 unspecified atom stereocenters. The molecule has 0 amide bonds. The van der Waals surface area contributed by atoms with Gasteiger partial charge in [-0.05, 0) is 45.6 Å². The van der Waals surface area contributed by atoms with Crippen LogP contribution >= 0.6 is 0 Å². The molecule has 17 heavy (non-hydrogen) atoms. The van der Waals surface area contributed by atoms with E-state index >= 15 is 0 Å². The molecule has 0 aromatic heterocycles. The molecular weight excluding hydrogens is 210 g/mol. The minimum Gasteiger partial charge on any atom is -0.379 e. The summed E-state index contributed by atoms with van der Waals surface area (Å²) in [4.78, 5) is 2.57. The SMILES string of the molecule is C=C(CCOCC1CCCN1C(C)C)C(C)C. The van der Waals surface area contributed by atoms with Crippen LogP contribution in [0.3, 0.4) is 0 Å². The van der Waals surface area contributed by atoms with Gasteiger partial charge in [-0.1, -0.05) is 26.0 Å². The van der Waals surface area contributed by atoms with Crippen LogP contribution in [0.15, 0.2) is 12.2 Å². The highest BCUT2D eigenvalue weighted by molar-refractivity contribution is 4.97. The Morgan fingerprint density at radius 1 is 1.35 bits per heavy atom. The summed E-state index contributed by atoms with van der Waals surface area (Å²) >= 11 is 0. The van der Waals surface area contributed by atoms with Crippen LogP contribution in [0.2, 0.25) is 0 Å². The molecule has 2 heteroatoms. The first-order chi connectivity index (χ1) is 8.02. The summed E-state index contributed by atoms with van der Waals surface area (Å²) < 4.78 is 5.82. The number of nitrogens with zero attached hydrogens (tertiary/aromatic N) is 1. The van der Waals surface area contributed by atoms with E-state index in [1.807, 2.05) is 0 Å². The maximum atomic E-state index is 5.82. The van der Waals surface area contributed by atoms with E-state index in [9.17, 15) is 0 Å². The Labute approximate surface area is 107 Å². The van der Waals surface area contributed by atoms with E-state index < -0.39 is 0 Å². The summed E-state index contributed by atoms with van der Waals surface area (Å²) in [5.74, 6) is 0.581. The van der Waals surface area contributed by atoms with Gasteiger partial charge in [0, 0.05) is 12.1 Å². The molecule has 100 valence electrons. The second kappa shape index (κ2) is 7.17. The molecular formula is C15H29NO. The number of hydrogen-bond acceptors (Lipinski definition) is 2. The van der Waals surface area contributed by atoms with Gasteiger partial charge in [0.1, 0.15) is 0 Å². The molecule has 1 saturated heterocycles. The van der Waals surface area contributed by atoms with Crippen LogP contribution in [0.4, 0.5) is 0 Å². The molecule has 1 aliphatic rings. The van der Waals surface area contributed by atoms with Gasteiger partial charge in [-0.2, -0.15) is 0 Å². The standard InChI is InChI=1S/C15H29NO/c1-12(2)14(5)8-10-17-11-15-7-6-9-16(15)13(3)4/h12-13,15H,5-11H2,1-4H3. The highest BCUT2D eigenvalue weighted by Gasteiger charge is 2.26. The summed E-state index contributed by atoms with van der Waals surface area (Å²) in [5.41, 5.74) is 1.30. The molecule has 0 aromatic carbocycles. The molecule has 0 N–H and O–H groups in total. The van der Waals surface area contributed by atoms with Gasteiger partial charge in [0.05, 0.1) is 13.2 Å². The summed E-state index contributed by atoms with van der Waals surface area (Å²) in [6, 6.07) is 1.29. The van der Waals surface area contributed by atoms with Gasteiger partial charge in [-0.25, -0.2) is 0 Å². The highest BCUT2D eigenvalue weighted by Crippen LogP contribution is 2.20. The van der Waals surface area contributed by atoms with E-state index in [2.05, 4.69) is 39.2 Å². The third-order valence-corrected chi connectivity index (χ3v) is 3.78. The summed E-state index contributed by atoms with van der Waals surface area (Å²) in [5, 5.41) is 0. The van der Waals surface area contributed by atoms with Gasteiger partial charge in [-0.3, -0.25) is 4.90 Å². The van der Waals surface area contributed by atoms with Crippen molar-refractivity contribution in [2.75, 3.05) is 19.8 Å². The molecule has 0 aliphatic carbocycles. The van der Waals surface area contributed by atoms with E-state index in [0.717, 1.165) is 19.6 Å². The molecule has 1 atom stereocenters. The first-order valence-corrected chi connectivity index (χ1v) is 7.03. The van der Waals surface area contributed by atoms with E-state index in [1.165, 1.54) is 25.0 Å². The topological polar surface area (TPSA) is 12.5 Å². The maximum Gasteiger partial charge on any atom is 0.0622 e. The van der Waals surface area contributed by atoms with Crippen molar-refractivity contribution in [3.05, 3.63) is 12.2 Å². The molecule has 0 spiro atoms. The normalized spacial score (nSPS) is 21.6. The highest BCUT2D eigenvalue weighted by atomic mass is 16.5. The number of ether oxygens (including phenoxy) is 1. The smallest absolute Gasteiger partial charge is 0.0622 e. The van der Waals surface area contributed by atoms with Gasteiger partial charge >= 0.3 is 0 Å². The van der Waals surface area contributed by atoms with Crippen LogP contribution in [0.5, 0.6) is 0 Å². The lowest BCUT2D eigenvalue weighted by Crippen LogP contribution is -2.38. The van der Waals surface area contributed by atoms with Crippen LogP contribution in [0, 0.1) is 5.92 Å². The predicted octanol–water partition coefficient (Wildman–Crippen LogP) is 3.48. The minimum absolute atomic E-state index is 0.581. The Morgan fingerprint density at radius 2 is 2.06 bits per heavy atom. The van der Waals surface area contributed by atoms with Crippen molar-refractivity contribution in [3.63, 3.8) is 0 Å². The van der Waals surface area contributed by atoms with E-state index in [0.29, 0.717) is 18.0 Å². The molecule has 1 heterocycles. The summed E-state index contributed by atoms with van der Waals surface area (Å²) in [6.45, 7) is 16.0. The third kappa shape index (κ3) is 4.81. The fraction of sp³-hybridized carbons (Fsp3) is 0.867. The monoisotopic (exact) mass is 239 g/mol. The van der Waals surface area contributed by atoms with Gasteiger partial charge in [0.15, 0.2) is 0 Å². The Hall–Kier alpha value is -0.340. The summed E-state index contributed by atoms with van der Waals surface area (Å²) in [7, 11) is 0. The number of likely N-dealkylation sites (tertiary alicyclic amines) is 1. The van der Waals surface area contributed by atoms with Crippen molar-refractivity contribution < 1.29 is 4.74 Å². The zero-order valence-corrected chi connectivity index (χ0v) is 12.0. The second-order valence-electron chi connectivity index (χ2n) is 5.77. The first-order valence-electron chi connectivity index (χ1n) is 7.03. The van der Waals surface area contributed by atoms with Crippen LogP contribution in [-0.2, 0) is 4.74 Å². The Balaban J connectivity index is 2.16. The van der Waals surface area contributed by atoms with Gasteiger partial charge in [0.2, 0.25) is 0 Å². The predicted molar refractivity (Wildman–Crippen MR) is 74.3 cm³/mol.